The maximum Gasteiger partial charge on any atom is 0.441 e. The van der Waals surface area contributed by atoms with Crippen molar-refractivity contribution >= 4 is 29.7 Å². The first-order valence-corrected chi connectivity index (χ1v) is 6.30. The van der Waals surface area contributed by atoms with Gasteiger partial charge in [-0.25, -0.2) is 9.59 Å². The predicted octanol–water partition coefficient (Wildman–Crippen LogP) is 0.857. The number of hydrogen-bond donors (Lipinski definition) is 4. The van der Waals surface area contributed by atoms with Gasteiger partial charge in [0.1, 0.15) is 6.04 Å². The molecule has 0 saturated heterocycles. The number of carbonyl (C=O) groups is 3. The molecule has 0 saturated carbocycles. The normalized spacial score (nSPS) is 12.6. The first-order valence-electron chi connectivity index (χ1n) is 5.31. The van der Waals surface area contributed by atoms with Crippen LogP contribution in [0.5, 0.6) is 0 Å². The molecule has 0 rings (SSSR count). The fourth-order valence-corrected chi connectivity index (χ4v) is 1.50. The maximum atomic E-state index is 11.8. The Morgan fingerprint density at radius 2 is 1.80 bits per heavy atom. The van der Waals surface area contributed by atoms with Crippen molar-refractivity contribution in [3.63, 3.8) is 0 Å². The van der Waals surface area contributed by atoms with Gasteiger partial charge < -0.3 is 20.8 Å². The van der Waals surface area contributed by atoms with Gasteiger partial charge >= 0.3 is 23.5 Å². The molecule has 20 heavy (non-hydrogen) atoms. The largest absolute Gasteiger partial charge is 0.481 e. The minimum absolute atomic E-state index is 0.304. The second-order valence-corrected chi connectivity index (χ2v) is 4.68. The smallest absolute Gasteiger partial charge is 0.441 e. The van der Waals surface area contributed by atoms with Gasteiger partial charge in [-0.2, -0.15) is 13.2 Å². The van der Waals surface area contributed by atoms with Crippen molar-refractivity contribution in [2.75, 3.05) is 12.3 Å². The molecular weight excluding hydrogens is 305 g/mol. The number of nitrogens with one attached hydrogen (secondary N) is 2. The van der Waals surface area contributed by atoms with Gasteiger partial charge in [0.2, 0.25) is 0 Å². The Balaban J connectivity index is 4.01. The summed E-state index contributed by atoms with van der Waals surface area (Å²) < 4.78 is 35.3. The Hall–Kier alpha value is -1.65. The minimum atomic E-state index is -4.40. The van der Waals surface area contributed by atoms with E-state index in [0.29, 0.717) is 0 Å². The SMILES string of the molecule is O=C(O)CC[C@H](NC(=O)NCCSC(F)(F)F)C(=O)O. The van der Waals surface area contributed by atoms with Crippen LogP contribution in [0.25, 0.3) is 0 Å². The van der Waals surface area contributed by atoms with E-state index in [4.69, 9.17) is 10.2 Å². The zero-order valence-electron chi connectivity index (χ0n) is 10.1. The number of amides is 2. The molecule has 0 fully saturated rings. The number of urea groups is 1. The van der Waals surface area contributed by atoms with Crippen molar-refractivity contribution in [1.82, 2.24) is 10.6 Å². The summed E-state index contributed by atoms with van der Waals surface area (Å²) in [7, 11) is 0. The van der Waals surface area contributed by atoms with Crippen molar-refractivity contribution in [1.29, 1.82) is 0 Å². The lowest BCUT2D eigenvalue weighted by molar-refractivity contribution is -0.140. The first-order chi connectivity index (χ1) is 9.11. The van der Waals surface area contributed by atoms with Crippen molar-refractivity contribution in [3.05, 3.63) is 0 Å². The Morgan fingerprint density at radius 3 is 2.25 bits per heavy atom. The van der Waals surface area contributed by atoms with Crippen LogP contribution in [-0.2, 0) is 9.59 Å². The Labute approximate surface area is 115 Å². The fraction of sp³-hybridized carbons (Fsp3) is 0.667. The second kappa shape index (κ2) is 8.51. The number of aliphatic carboxylic acids is 2. The van der Waals surface area contributed by atoms with Gasteiger partial charge in [0.15, 0.2) is 0 Å². The number of alkyl halides is 3. The van der Waals surface area contributed by atoms with Crippen LogP contribution in [0.4, 0.5) is 18.0 Å². The standard InChI is InChI=1S/C9H13F3N2O5S/c10-9(11,12)20-4-3-13-8(19)14-5(7(17)18)1-2-6(15)16/h5H,1-4H2,(H,15,16)(H,17,18)(H2,13,14,19)/t5-/m0/s1. The molecule has 0 aromatic carbocycles. The summed E-state index contributed by atoms with van der Waals surface area (Å²) in [4.78, 5) is 32.2. The molecule has 0 aromatic rings. The molecule has 0 unspecified atom stereocenters. The van der Waals surface area contributed by atoms with Gasteiger partial charge in [0.05, 0.1) is 0 Å². The van der Waals surface area contributed by atoms with Crippen molar-refractivity contribution in [2.24, 2.45) is 0 Å². The van der Waals surface area contributed by atoms with Crippen molar-refractivity contribution < 1.29 is 37.8 Å². The molecule has 4 N–H and O–H groups in total. The van der Waals surface area contributed by atoms with E-state index in [1.165, 1.54) is 0 Å². The molecule has 2 amide bonds. The molecule has 0 aliphatic carbocycles. The Kier molecular flexibility index (Phi) is 7.80. The van der Waals surface area contributed by atoms with Gasteiger partial charge in [0, 0.05) is 18.7 Å². The number of carbonyl (C=O) groups excluding carboxylic acids is 1. The average Bonchev–Trinajstić information content (AvgIpc) is 2.28. The topological polar surface area (TPSA) is 116 Å². The highest BCUT2D eigenvalue weighted by molar-refractivity contribution is 8.00. The van der Waals surface area contributed by atoms with E-state index < -0.39 is 41.7 Å². The quantitative estimate of drug-likeness (QED) is 0.493. The number of rotatable bonds is 8. The van der Waals surface area contributed by atoms with E-state index >= 15 is 0 Å². The van der Waals surface area contributed by atoms with E-state index in [0.717, 1.165) is 0 Å². The van der Waals surface area contributed by atoms with E-state index in [2.05, 4.69) is 0 Å². The monoisotopic (exact) mass is 318 g/mol. The van der Waals surface area contributed by atoms with Gasteiger partial charge in [-0.15, -0.1) is 0 Å². The summed E-state index contributed by atoms with van der Waals surface area (Å²) in [6.45, 7) is -0.304. The van der Waals surface area contributed by atoms with Crippen LogP contribution in [0, 0.1) is 0 Å². The van der Waals surface area contributed by atoms with Crippen LogP contribution >= 0.6 is 11.8 Å². The van der Waals surface area contributed by atoms with Crippen LogP contribution < -0.4 is 10.6 Å². The number of thioether (sulfide) groups is 1. The molecule has 1 atom stereocenters. The lowest BCUT2D eigenvalue weighted by Crippen LogP contribution is -2.46. The highest BCUT2D eigenvalue weighted by Crippen LogP contribution is 2.29. The van der Waals surface area contributed by atoms with E-state index in [9.17, 15) is 27.6 Å². The number of carboxylic acids is 2. The minimum Gasteiger partial charge on any atom is -0.481 e. The third kappa shape index (κ3) is 10.3. The molecule has 7 nitrogen and oxygen atoms in total. The second-order valence-electron chi connectivity index (χ2n) is 3.52. The highest BCUT2D eigenvalue weighted by Gasteiger charge is 2.27. The molecule has 0 spiro atoms. The third-order valence-corrected chi connectivity index (χ3v) is 2.64. The molecule has 0 aliphatic rings. The summed E-state index contributed by atoms with van der Waals surface area (Å²) in [6.07, 6.45) is -0.781. The lowest BCUT2D eigenvalue weighted by atomic mass is 10.1. The van der Waals surface area contributed by atoms with E-state index in [-0.39, 0.29) is 24.7 Å². The van der Waals surface area contributed by atoms with Crippen LogP contribution in [-0.4, -0.2) is 52.0 Å². The molecule has 0 aromatic heterocycles. The molecule has 0 heterocycles. The molecule has 11 heteroatoms. The van der Waals surface area contributed by atoms with Crippen LogP contribution in [0.2, 0.25) is 0 Å². The third-order valence-electron chi connectivity index (χ3n) is 1.90. The number of halogens is 3. The molecule has 0 radical (unpaired) electrons. The first kappa shape index (κ1) is 18.4. The van der Waals surface area contributed by atoms with E-state index in [1.807, 2.05) is 10.6 Å². The van der Waals surface area contributed by atoms with E-state index in [1.54, 1.807) is 0 Å². The summed E-state index contributed by atoms with van der Waals surface area (Å²) in [6, 6.07) is -2.38. The van der Waals surface area contributed by atoms with Gasteiger partial charge in [-0.1, -0.05) is 0 Å². The molecule has 0 bridgehead atoms. The zero-order valence-corrected chi connectivity index (χ0v) is 10.9. The lowest BCUT2D eigenvalue weighted by Gasteiger charge is -2.14. The number of hydrogen-bond acceptors (Lipinski definition) is 4. The molecule has 0 aliphatic heterocycles. The van der Waals surface area contributed by atoms with Crippen LogP contribution in [0.15, 0.2) is 0 Å². The van der Waals surface area contributed by atoms with Crippen LogP contribution in [0.3, 0.4) is 0 Å². The van der Waals surface area contributed by atoms with Crippen molar-refractivity contribution in [3.8, 4) is 0 Å². The van der Waals surface area contributed by atoms with Crippen molar-refractivity contribution in [2.45, 2.75) is 24.4 Å². The van der Waals surface area contributed by atoms with Crippen LogP contribution in [0.1, 0.15) is 12.8 Å². The van der Waals surface area contributed by atoms with Gasteiger partial charge in [0.25, 0.3) is 0 Å². The summed E-state index contributed by atoms with van der Waals surface area (Å²) in [5.41, 5.74) is -4.40. The highest BCUT2D eigenvalue weighted by atomic mass is 32.2. The predicted molar refractivity (Wildman–Crippen MR) is 63.3 cm³/mol. The van der Waals surface area contributed by atoms with Gasteiger partial charge in [-0.3, -0.25) is 4.79 Å². The maximum absolute atomic E-state index is 11.8. The summed E-state index contributed by atoms with van der Waals surface area (Å²) in [5.74, 6) is -3.06. The fourth-order valence-electron chi connectivity index (χ4n) is 1.07. The van der Waals surface area contributed by atoms with Gasteiger partial charge in [-0.05, 0) is 18.2 Å². The summed E-state index contributed by atoms with van der Waals surface area (Å²) in [5, 5.41) is 21.1. The zero-order chi connectivity index (χ0) is 15.8. The molecular formula is C9H13F3N2O5S. The number of carboxylic acid groups (broad SMARTS) is 2. The Bertz CT molecular complexity index is 364. The summed E-state index contributed by atoms with van der Waals surface area (Å²) >= 11 is -0.322. The Morgan fingerprint density at radius 1 is 1.20 bits per heavy atom. The average molecular weight is 318 g/mol. The molecule has 116 valence electrons.